The van der Waals surface area contributed by atoms with Gasteiger partial charge in [0.25, 0.3) is 0 Å². The van der Waals surface area contributed by atoms with E-state index < -0.39 is 0 Å². The monoisotopic (exact) mass is 198 g/mol. The van der Waals surface area contributed by atoms with Crippen molar-refractivity contribution in [3.05, 3.63) is 0 Å². The van der Waals surface area contributed by atoms with E-state index in [4.69, 9.17) is 9.47 Å². The summed E-state index contributed by atoms with van der Waals surface area (Å²) >= 11 is 0. The molecule has 1 spiro atoms. The van der Waals surface area contributed by atoms with E-state index >= 15 is 0 Å². The fraction of sp³-hybridized carbons (Fsp3) is 0.909. The van der Waals surface area contributed by atoms with E-state index in [9.17, 15) is 4.79 Å². The van der Waals surface area contributed by atoms with E-state index in [-0.39, 0.29) is 17.7 Å². The van der Waals surface area contributed by atoms with Crippen molar-refractivity contribution in [1.29, 1.82) is 0 Å². The van der Waals surface area contributed by atoms with E-state index in [1.54, 1.807) is 0 Å². The Hall–Kier alpha value is -0.570. The molecule has 14 heavy (non-hydrogen) atoms. The first-order valence-electron chi connectivity index (χ1n) is 5.46. The quantitative estimate of drug-likeness (QED) is 0.477. The molecular weight excluding hydrogens is 180 g/mol. The van der Waals surface area contributed by atoms with E-state index in [2.05, 4.69) is 6.92 Å². The molecule has 0 radical (unpaired) electrons. The summed E-state index contributed by atoms with van der Waals surface area (Å²) in [6.45, 7) is 2.19. The van der Waals surface area contributed by atoms with Crippen molar-refractivity contribution in [2.45, 2.75) is 50.7 Å². The maximum absolute atomic E-state index is 11.4. The van der Waals surface area contributed by atoms with Crippen LogP contribution in [0.1, 0.15) is 39.0 Å². The summed E-state index contributed by atoms with van der Waals surface area (Å²) in [6, 6.07) is 0. The predicted molar refractivity (Wildman–Crippen MR) is 51.9 cm³/mol. The Balaban J connectivity index is 2.05. The molecule has 0 aromatic rings. The first-order chi connectivity index (χ1) is 6.70. The molecule has 1 aliphatic carbocycles. The topological polar surface area (TPSA) is 38.8 Å². The molecule has 2 aliphatic rings. The SMILES string of the molecule is COC(=O)C1OC12CCCCCC2C. The van der Waals surface area contributed by atoms with Crippen LogP contribution in [0.15, 0.2) is 0 Å². The molecule has 0 amide bonds. The summed E-state index contributed by atoms with van der Waals surface area (Å²) in [5, 5.41) is 0. The standard InChI is InChI=1S/C11H18O3/c1-8-6-4-3-5-7-11(8)9(14-11)10(12)13-2/h8-9H,3-7H2,1-2H3. The number of epoxide rings is 1. The number of rotatable bonds is 1. The lowest BCUT2D eigenvalue weighted by Gasteiger charge is -2.16. The summed E-state index contributed by atoms with van der Waals surface area (Å²) in [5.74, 6) is 0.299. The molecule has 3 unspecified atom stereocenters. The molecule has 1 aliphatic heterocycles. The van der Waals surface area contributed by atoms with E-state index in [1.165, 1.54) is 32.8 Å². The average molecular weight is 198 g/mol. The first kappa shape index (κ1) is 9.97. The van der Waals surface area contributed by atoms with Gasteiger partial charge in [0.15, 0.2) is 6.10 Å². The van der Waals surface area contributed by atoms with Crippen molar-refractivity contribution in [3.63, 3.8) is 0 Å². The van der Waals surface area contributed by atoms with Crippen molar-refractivity contribution in [2.75, 3.05) is 7.11 Å². The van der Waals surface area contributed by atoms with Gasteiger partial charge in [-0.05, 0) is 18.8 Å². The predicted octanol–water partition coefficient (Wildman–Crippen LogP) is 1.90. The molecular formula is C11H18O3. The second-order valence-electron chi connectivity index (χ2n) is 4.48. The molecule has 2 fully saturated rings. The van der Waals surface area contributed by atoms with Gasteiger partial charge in [0.05, 0.1) is 7.11 Å². The van der Waals surface area contributed by atoms with Gasteiger partial charge < -0.3 is 9.47 Å². The second-order valence-corrected chi connectivity index (χ2v) is 4.48. The summed E-state index contributed by atoms with van der Waals surface area (Å²) in [5.41, 5.74) is -0.163. The number of carbonyl (C=O) groups excluding carboxylic acids is 1. The van der Waals surface area contributed by atoms with Crippen LogP contribution in [0.2, 0.25) is 0 Å². The van der Waals surface area contributed by atoms with Gasteiger partial charge in [-0.1, -0.05) is 26.2 Å². The van der Waals surface area contributed by atoms with Crippen LogP contribution in [-0.2, 0) is 14.3 Å². The van der Waals surface area contributed by atoms with Crippen molar-refractivity contribution < 1.29 is 14.3 Å². The summed E-state index contributed by atoms with van der Waals surface area (Å²) in [4.78, 5) is 11.4. The number of carbonyl (C=O) groups is 1. The Morgan fingerprint density at radius 3 is 2.93 bits per heavy atom. The van der Waals surface area contributed by atoms with E-state index in [0.29, 0.717) is 5.92 Å². The molecule has 80 valence electrons. The van der Waals surface area contributed by atoms with E-state index in [1.807, 2.05) is 0 Å². The minimum atomic E-state index is -0.277. The number of ether oxygens (including phenoxy) is 2. The maximum atomic E-state index is 11.4. The number of hydrogen-bond donors (Lipinski definition) is 0. The molecule has 1 heterocycles. The van der Waals surface area contributed by atoms with Gasteiger partial charge in [-0.2, -0.15) is 0 Å². The molecule has 0 aromatic carbocycles. The highest BCUT2D eigenvalue weighted by atomic mass is 16.7. The highest BCUT2D eigenvalue weighted by Crippen LogP contribution is 2.50. The zero-order valence-corrected chi connectivity index (χ0v) is 8.91. The lowest BCUT2D eigenvalue weighted by atomic mass is 9.86. The molecule has 0 aromatic heterocycles. The van der Waals surface area contributed by atoms with Crippen molar-refractivity contribution in [1.82, 2.24) is 0 Å². The normalized spacial score (nSPS) is 41.9. The zero-order valence-electron chi connectivity index (χ0n) is 8.91. The van der Waals surface area contributed by atoms with Gasteiger partial charge in [0.2, 0.25) is 0 Å². The molecule has 0 bridgehead atoms. The van der Waals surface area contributed by atoms with Gasteiger partial charge in [-0.15, -0.1) is 0 Å². The molecule has 0 N–H and O–H groups in total. The van der Waals surface area contributed by atoms with Crippen LogP contribution in [0.3, 0.4) is 0 Å². The minimum Gasteiger partial charge on any atom is -0.467 e. The Kier molecular flexibility index (Phi) is 2.52. The van der Waals surface area contributed by atoms with Crippen LogP contribution in [-0.4, -0.2) is 24.8 Å². The van der Waals surface area contributed by atoms with Gasteiger partial charge >= 0.3 is 5.97 Å². The van der Waals surface area contributed by atoms with Crippen LogP contribution in [0, 0.1) is 5.92 Å². The van der Waals surface area contributed by atoms with Gasteiger partial charge in [0.1, 0.15) is 5.60 Å². The summed E-state index contributed by atoms with van der Waals surface area (Å²) < 4.78 is 10.3. The highest BCUT2D eigenvalue weighted by molar-refractivity contribution is 5.79. The van der Waals surface area contributed by atoms with Gasteiger partial charge in [-0.25, -0.2) is 4.79 Å². The molecule has 1 saturated heterocycles. The maximum Gasteiger partial charge on any atom is 0.338 e. The third kappa shape index (κ3) is 1.44. The number of esters is 1. The largest absolute Gasteiger partial charge is 0.467 e. The average Bonchev–Trinajstić information content (AvgIpc) is 2.94. The molecule has 3 nitrogen and oxygen atoms in total. The van der Waals surface area contributed by atoms with Crippen molar-refractivity contribution in [3.8, 4) is 0 Å². The molecule has 2 rings (SSSR count). The summed E-state index contributed by atoms with van der Waals surface area (Å²) in [6.07, 6.45) is 5.63. The van der Waals surface area contributed by atoms with Crippen LogP contribution in [0.5, 0.6) is 0 Å². The third-order valence-corrected chi connectivity index (χ3v) is 3.68. The Morgan fingerprint density at radius 2 is 2.21 bits per heavy atom. The minimum absolute atomic E-state index is 0.163. The third-order valence-electron chi connectivity index (χ3n) is 3.68. The number of methoxy groups -OCH3 is 1. The van der Waals surface area contributed by atoms with E-state index in [0.717, 1.165) is 6.42 Å². The number of hydrogen-bond acceptors (Lipinski definition) is 3. The van der Waals surface area contributed by atoms with Crippen molar-refractivity contribution >= 4 is 5.97 Å². The second kappa shape index (κ2) is 3.54. The lowest BCUT2D eigenvalue weighted by Crippen LogP contribution is -2.28. The Labute approximate surface area is 84.8 Å². The first-order valence-corrected chi connectivity index (χ1v) is 5.46. The Bertz CT molecular complexity index is 239. The van der Waals surface area contributed by atoms with Crippen LogP contribution in [0.25, 0.3) is 0 Å². The zero-order chi connectivity index (χ0) is 10.2. The van der Waals surface area contributed by atoms with Gasteiger partial charge in [-0.3, -0.25) is 0 Å². The Morgan fingerprint density at radius 1 is 1.43 bits per heavy atom. The summed E-state index contributed by atoms with van der Waals surface area (Å²) in [7, 11) is 1.43. The van der Waals surface area contributed by atoms with Crippen molar-refractivity contribution in [2.24, 2.45) is 5.92 Å². The molecule has 1 saturated carbocycles. The molecule has 3 atom stereocenters. The fourth-order valence-electron chi connectivity index (χ4n) is 2.62. The molecule has 3 heteroatoms. The highest BCUT2D eigenvalue weighted by Gasteiger charge is 2.63. The van der Waals surface area contributed by atoms with Gasteiger partial charge in [0, 0.05) is 0 Å². The fourth-order valence-corrected chi connectivity index (χ4v) is 2.62. The lowest BCUT2D eigenvalue weighted by molar-refractivity contribution is -0.142. The van der Waals surface area contributed by atoms with Crippen LogP contribution < -0.4 is 0 Å². The smallest absolute Gasteiger partial charge is 0.338 e. The van der Waals surface area contributed by atoms with Crippen LogP contribution in [0.4, 0.5) is 0 Å². The van der Waals surface area contributed by atoms with Crippen LogP contribution >= 0.6 is 0 Å².